The third kappa shape index (κ3) is 4.50. The molecule has 0 saturated heterocycles. The van der Waals surface area contributed by atoms with E-state index in [1.807, 2.05) is 0 Å². The summed E-state index contributed by atoms with van der Waals surface area (Å²) >= 11 is 5.65. The van der Waals surface area contributed by atoms with Gasteiger partial charge in [-0.05, 0) is 25.5 Å². The Balaban J connectivity index is 2.79. The molecule has 0 aromatic carbocycles. The van der Waals surface area contributed by atoms with E-state index in [-0.39, 0.29) is 17.4 Å². The molecule has 0 aliphatic heterocycles. The number of carbonyl (C=O) groups excluding carboxylic acids is 1. The smallest absolute Gasteiger partial charge is 0.323 e. The largest absolute Gasteiger partial charge is 0.465 e. The predicted molar refractivity (Wildman–Crippen MR) is 68.0 cm³/mol. The van der Waals surface area contributed by atoms with Gasteiger partial charge >= 0.3 is 5.97 Å². The molecule has 0 bridgehead atoms. The van der Waals surface area contributed by atoms with Gasteiger partial charge in [0.2, 0.25) is 10.0 Å². The maximum Gasteiger partial charge on any atom is 0.323 e. The lowest BCUT2D eigenvalue weighted by molar-refractivity contribution is -0.139. The molecule has 1 rings (SSSR count). The number of hydrogen-bond acceptors (Lipinski definition) is 5. The van der Waals surface area contributed by atoms with Crippen LogP contribution in [0.3, 0.4) is 0 Å². The number of aryl methyl sites for hydroxylation is 1. The molecule has 1 N–H and O–H groups in total. The summed E-state index contributed by atoms with van der Waals surface area (Å²) in [5.41, 5.74) is 0.895. The van der Waals surface area contributed by atoms with E-state index in [1.165, 1.54) is 12.3 Å². The second-order valence-corrected chi connectivity index (χ2v) is 5.60. The first-order chi connectivity index (χ1) is 8.34. The first kappa shape index (κ1) is 14.7. The van der Waals surface area contributed by atoms with Gasteiger partial charge in [-0.3, -0.25) is 9.52 Å². The molecular weight excluding hydrogens is 280 g/mol. The van der Waals surface area contributed by atoms with Crippen molar-refractivity contribution in [1.82, 2.24) is 4.98 Å². The number of carbonyl (C=O) groups is 1. The summed E-state index contributed by atoms with van der Waals surface area (Å²) in [6.45, 7) is 3.41. The minimum atomic E-state index is -3.80. The van der Waals surface area contributed by atoms with Crippen LogP contribution in [0.25, 0.3) is 0 Å². The van der Waals surface area contributed by atoms with E-state index < -0.39 is 21.7 Å². The van der Waals surface area contributed by atoms with Crippen LogP contribution in [0.15, 0.2) is 12.3 Å². The summed E-state index contributed by atoms with van der Waals surface area (Å²) < 4.78 is 30.1. The summed E-state index contributed by atoms with van der Waals surface area (Å²) in [6, 6.07) is 1.52. The highest BCUT2D eigenvalue weighted by molar-refractivity contribution is 7.93. The normalized spacial score (nSPS) is 11.1. The van der Waals surface area contributed by atoms with Gasteiger partial charge in [0.15, 0.2) is 5.75 Å². The van der Waals surface area contributed by atoms with Gasteiger partial charge in [-0.1, -0.05) is 11.6 Å². The highest BCUT2D eigenvalue weighted by Gasteiger charge is 2.18. The van der Waals surface area contributed by atoms with Crippen LogP contribution in [0.5, 0.6) is 0 Å². The molecule has 0 saturated carbocycles. The second kappa shape index (κ2) is 6.01. The van der Waals surface area contributed by atoms with Crippen molar-refractivity contribution in [2.75, 3.05) is 17.1 Å². The summed E-state index contributed by atoms with van der Waals surface area (Å²) in [6.07, 6.45) is 1.29. The second-order valence-electron chi connectivity index (χ2n) is 3.49. The van der Waals surface area contributed by atoms with Gasteiger partial charge in [0.25, 0.3) is 0 Å². The minimum absolute atomic E-state index is 0.135. The molecular formula is C10H13ClN2O4S. The van der Waals surface area contributed by atoms with Gasteiger partial charge in [0.05, 0.1) is 18.5 Å². The Morgan fingerprint density at radius 3 is 2.78 bits per heavy atom. The topological polar surface area (TPSA) is 85.4 Å². The van der Waals surface area contributed by atoms with Gasteiger partial charge in [-0.15, -0.1) is 0 Å². The van der Waals surface area contributed by atoms with E-state index in [2.05, 4.69) is 14.4 Å². The van der Waals surface area contributed by atoms with Gasteiger partial charge in [-0.25, -0.2) is 13.4 Å². The highest BCUT2D eigenvalue weighted by atomic mass is 35.5. The van der Waals surface area contributed by atoms with Crippen LogP contribution in [0.1, 0.15) is 12.5 Å². The lowest BCUT2D eigenvalue weighted by atomic mass is 10.3. The molecule has 0 spiro atoms. The van der Waals surface area contributed by atoms with E-state index in [0.29, 0.717) is 5.56 Å². The number of halogens is 1. The van der Waals surface area contributed by atoms with Crippen molar-refractivity contribution in [3.8, 4) is 0 Å². The first-order valence-electron chi connectivity index (χ1n) is 5.12. The third-order valence-electron chi connectivity index (χ3n) is 1.96. The fourth-order valence-electron chi connectivity index (χ4n) is 1.19. The number of hydrogen-bond donors (Lipinski definition) is 1. The zero-order chi connectivity index (χ0) is 13.8. The summed E-state index contributed by atoms with van der Waals surface area (Å²) in [5, 5.41) is 0.265. The van der Waals surface area contributed by atoms with Crippen LogP contribution in [-0.2, 0) is 19.6 Å². The van der Waals surface area contributed by atoms with Crippen molar-refractivity contribution < 1.29 is 17.9 Å². The van der Waals surface area contributed by atoms with Crippen LogP contribution in [0.4, 0.5) is 5.69 Å². The number of aromatic nitrogens is 1. The average molecular weight is 293 g/mol. The summed E-state index contributed by atoms with van der Waals surface area (Å²) in [5.74, 6) is -1.53. The highest BCUT2D eigenvalue weighted by Crippen LogP contribution is 2.18. The number of sulfonamides is 1. The van der Waals surface area contributed by atoms with Crippen LogP contribution in [0.2, 0.25) is 5.15 Å². The van der Waals surface area contributed by atoms with Crippen molar-refractivity contribution >= 4 is 33.3 Å². The molecule has 1 aromatic rings. The Labute approximate surface area is 110 Å². The van der Waals surface area contributed by atoms with E-state index >= 15 is 0 Å². The summed E-state index contributed by atoms with van der Waals surface area (Å²) in [4.78, 5) is 14.9. The van der Waals surface area contributed by atoms with Crippen LogP contribution >= 0.6 is 11.6 Å². The molecule has 100 valence electrons. The zero-order valence-corrected chi connectivity index (χ0v) is 11.5. The van der Waals surface area contributed by atoms with Crippen LogP contribution in [-0.4, -0.2) is 31.7 Å². The van der Waals surface area contributed by atoms with Crippen LogP contribution in [0, 0.1) is 6.92 Å². The lowest BCUT2D eigenvalue weighted by Crippen LogP contribution is -2.24. The number of esters is 1. The number of nitrogens with one attached hydrogen (secondary N) is 1. The first-order valence-corrected chi connectivity index (χ1v) is 7.15. The van der Waals surface area contributed by atoms with E-state index in [9.17, 15) is 13.2 Å². The SMILES string of the molecule is CCOC(=O)CS(=O)(=O)Nc1cnc(Cl)cc1C. The quantitative estimate of drug-likeness (QED) is 0.654. The Kier molecular flexibility index (Phi) is 4.92. The number of ether oxygens (including phenoxy) is 1. The molecule has 0 aliphatic carbocycles. The van der Waals surface area contributed by atoms with E-state index in [0.717, 1.165) is 0 Å². The average Bonchev–Trinajstić information content (AvgIpc) is 2.21. The number of anilines is 1. The Bertz CT molecular complexity index is 545. The van der Waals surface area contributed by atoms with Gasteiger partial charge in [0.1, 0.15) is 5.15 Å². The van der Waals surface area contributed by atoms with Crippen molar-refractivity contribution in [2.24, 2.45) is 0 Å². The fourth-order valence-corrected chi connectivity index (χ4v) is 2.42. The zero-order valence-electron chi connectivity index (χ0n) is 9.94. The van der Waals surface area contributed by atoms with E-state index in [1.54, 1.807) is 13.8 Å². The van der Waals surface area contributed by atoms with Crippen molar-refractivity contribution in [2.45, 2.75) is 13.8 Å². The maximum atomic E-state index is 11.6. The summed E-state index contributed by atoms with van der Waals surface area (Å²) in [7, 11) is -3.80. The fraction of sp³-hybridized carbons (Fsp3) is 0.400. The predicted octanol–water partition coefficient (Wildman–Crippen LogP) is 1.35. The third-order valence-corrected chi connectivity index (χ3v) is 3.31. The molecule has 1 heterocycles. The van der Waals surface area contributed by atoms with Gasteiger partial charge in [-0.2, -0.15) is 0 Å². The molecule has 0 unspecified atom stereocenters. The Morgan fingerprint density at radius 2 is 2.22 bits per heavy atom. The standard InChI is InChI=1S/C10H13ClN2O4S/c1-3-17-10(14)6-18(15,16)13-8-5-12-9(11)4-7(8)2/h4-5,13H,3,6H2,1-2H3. The molecule has 1 aromatic heterocycles. The number of rotatable bonds is 5. The number of nitrogens with zero attached hydrogens (tertiary/aromatic N) is 1. The molecule has 0 radical (unpaired) electrons. The molecule has 0 atom stereocenters. The monoisotopic (exact) mass is 292 g/mol. The van der Waals surface area contributed by atoms with Crippen molar-refractivity contribution in [1.29, 1.82) is 0 Å². The molecule has 0 aliphatic rings. The maximum absolute atomic E-state index is 11.6. The molecule has 0 amide bonds. The van der Waals surface area contributed by atoms with Gasteiger partial charge < -0.3 is 4.74 Å². The van der Waals surface area contributed by atoms with Crippen LogP contribution < -0.4 is 4.72 Å². The molecule has 8 heteroatoms. The minimum Gasteiger partial charge on any atom is -0.465 e. The molecule has 18 heavy (non-hydrogen) atoms. The lowest BCUT2D eigenvalue weighted by Gasteiger charge is -2.09. The molecule has 6 nitrogen and oxygen atoms in total. The molecule has 0 fully saturated rings. The van der Waals surface area contributed by atoms with Crippen molar-refractivity contribution in [3.63, 3.8) is 0 Å². The Hall–Kier alpha value is -1.34. The Morgan fingerprint density at radius 1 is 1.56 bits per heavy atom. The van der Waals surface area contributed by atoms with Crippen molar-refractivity contribution in [3.05, 3.63) is 23.0 Å². The van der Waals surface area contributed by atoms with E-state index in [4.69, 9.17) is 11.6 Å². The number of pyridine rings is 1. The van der Waals surface area contributed by atoms with Gasteiger partial charge in [0, 0.05) is 0 Å².